The number of primary sulfonamides is 1. The lowest BCUT2D eigenvalue weighted by atomic mass is 9.76. The number of hydrogen-bond acceptors (Lipinski definition) is 7. The van der Waals surface area contributed by atoms with Crippen molar-refractivity contribution < 1.29 is 26.0 Å². The van der Waals surface area contributed by atoms with Crippen LogP contribution in [0.25, 0.3) is 22.3 Å². The number of aromatic nitrogens is 3. The van der Waals surface area contributed by atoms with E-state index in [-0.39, 0.29) is 35.0 Å². The molecule has 0 spiro atoms. The van der Waals surface area contributed by atoms with Crippen LogP contribution in [-0.4, -0.2) is 35.1 Å². The monoisotopic (exact) mass is 560 g/mol. The fraction of sp³-hybridized carbons (Fsp3) is 0.269. The first kappa shape index (κ1) is 26.8. The summed E-state index contributed by atoms with van der Waals surface area (Å²) < 4.78 is 78.6. The van der Waals surface area contributed by atoms with Crippen molar-refractivity contribution in [1.82, 2.24) is 15.0 Å². The molecule has 0 bridgehead atoms. The average molecular weight is 561 g/mol. The fourth-order valence-corrected chi connectivity index (χ4v) is 4.92. The highest BCUT2D eigenvalue weighted by Crippen LogP contribution is 2.47. The minimum Gasteiger partial charge on any atom is -0.354 e. The fourth-order valence-electron chi connectivity index (χ4n) is 4.41. The van der Waals surface area contributed by atoms with Gasteiger partial charge in [0.05, 0.1) is 22.1 Å². The van der Waals surface area contributed by atoms with E-state index in [0.29, 0.717) is 28.8 Å². The highest BCUT2D eigenvalue weighted by atomic mass is 32.2. The van der Waals surface area contributed by atoms with Crippen molar-refractivity contribution in [1.29, 1.82) is 0 Å². The van der Waals surface area contributed by atoms with Crippen molar-refractivity contribution >= 4 is 32.8 Å². The summed E-state index contributed by atoms with van der Waals surface area (Å²) in [5.41, 5.74) is -0.00705. The van der Waals surface area contributed by atoms with Crippen molar-refractivity contribution in [3.05, 3.63) is 72.0 Å². The number of nitrogens with one attached hydrogen (secondary N) is 2. The number of sulfonamides is 1. The van der Waals surface area contributed by atoms with Crippen LogP contribution in [0.15, 0.2) is 65.6 Å². The highest BCUT2D eigenvalue weighted by Gasteiger charge is 2.58. The van der Waals surface area contributed by atoms with Gasteiger partial charge in [-0.25, -0.2) is 27.9 Å². The Morgan fingerprint density at radius 1 is 0.949 bits per heavy atom. The van der Waals surface area contributed by atoms with Crippen LogP contribution in [-0.2, 0) is 10.0 Å². The summed E-state index contributed by atoms with van der Waals surface area (Å²) in [6, 6.07) is 14.3. The van der Waals surface area contributed by atoms with Gasteiger partial charge in [-0.15, -0.1) is 0 Å². The maximum absolute atomic E-state index is 14.0. The second kappa shape index (κ2) is 9.72. The third-order valence-corrected chi connectivity index (χ3v) is 7.77. The molecule has 1 fully saturated rings. The van der Waals surface area contributed by atoms with Crippen molar-refractivity contribution in [3.63, 3.8) is 0 Å². The van der Waals surface area contributed by atoms with E-state index in [1.807, 2.05) is 0 Å². The van der Waals surface area contributed by atoms with E-state index < -0.39 is 33.6 Å². The molecule has 4 aromatic rings. The van der Waals surface area contributed by atoms with Crippen LogP contribution in [0.5, 0.6) is 0 Å². The maximum Gasteiger partial charge on any atom is 0.411 e. The second-order valence-corrected chi connectivity index (χ2v) is 11.1. The van der Waals surface area contributed by atoms with E-state index in [9.17, 15) is 26.0 Å². The number of nitrogens with two attached hydrogens (primary N) is 1. The van der Waals surface area contributed by atoms with Gasteiger partial charge in [-0.05, 0) is 80.3 Å². The summed E-state index contributed by atoms with van der Waals surface area (Å²) >= 11 is 0. The minimum absolute atomic E-state index is 0.0483. The van der Waals surface area contributed by atoms with Gasteiger partial charge in [-0.1, -0.05) is 12.1 Å². The lowest BCUT2D eigenvalue weighted by molar-refractivity contribution is -0.198. The van der Waals surface area contributed by atoms with E-state index >= 15 is 0 Å². The Morgan fingerprint density at radius 3 is 2.18 bits per heavy atom. The zero-order valence-electron chi connectivity index (χ0n) is 20.6. The third kappa shape index (κ3) is 5.36. The highest BCUT2D eigenvalue weighted by molar-refractivity contribution is 7.89. The molecule has 1 aliphatic carbocycles. The van der Waals surface area contributed by atoms with E-state index in [4.69, 9.17) is 5.14 Å². The molecule has 0 saturated heterocycles. The number of alkyl halides is 3. The molecular weight excluding hydrogens is 536 g/mol. The van der Waals surface area contributed by atoms with E-state index in [2.05, 4.69) is 25.6 Å². The number of rotatable bonds is 7. The van der Waals surface area contributed by atoms with Crippen LogP contribution in [0.3, 0.4) is 0 Å². The van der Waals surface area contributed by atoms with Crippen molar-refractivity contribution in [2.24, 2.45) is 5.14 Å². The topological polar surface area (TPSA) is 123 Å². The molecule has 2 aromatic heterocycles. The zero-order valence-corrected chi connectivity index (χ0v) is 21.4. The average Bonchev–Trinajstić information content (AvgIpc) is 2.85. The molecule has 4 N–H and O–H groups in total. The molecule has 13 heteroatoms. The van der Waals surface area contributed by atoms with Gasteiger partial charge in [0.25, 0.3) is 0 Å². The standard InChI is InChI=1S/C26H24F4N6O2S/c1-15(16-5-9-19(10-6-16)39(31,37)38)32-24-34-21-12-11-20(17-3-7-18(27)8-4-17)33-22(21)23(35-24)36-25(13-2-14-25)26(28,29)30/h3-12,15H,2,13-14H2,1H3,(H2,31,37,38)(H2,32,34,35,36)/t15-/m1/s1. The Labute approximate surface area is 221 Å². The minimum atomic E-state index is -4.51. The lowest BCUT2D eigenvalue weighted by Crippen LogP contribution is -2.57. The van der Waals surface area contributed by atoms with Gasteiger partial charge in [0.2, 0.25) is 16.0 Å². The van der Waals surface area contributed by atoms with Gasteiger partial charge >= 0.3 is 6.18 Å². The number of benzene rings is 2. The number of halogens is 4. The summed E-state index contributed by atoms with van der Waals surface area (Å²) in [4.78, 5) is 13.3. The Bertz CT molecular complexity index is 1620. The predicted molar refractivity (Wildman–Crippen MR) is 139 cm³/mol. The molecule has 0 amide bonds. The summed E-state index contributed by atoms with van der Waals surface area (Å²) in [6.07, 6.45) is -4.30. The Morgan fingerprint density at radius 2 is 1.62 bits per heavy atom. The third-order valence-electron chi connectivity index (χ3n) is 6.84. The molecule has 8 nitrogen and oxygen atoms in total. The Kier molecular flexibility index (Phi) is 6.67. The second-order valence-electron chi connectivity index (χ2n) is 9.51. The van der Waals surface area contributed by atoms with Crippen molar-refractivity contribution in [2.75, 3.05) is 10.6 Å². The molecular formula is C26H24F4N6O2S. The number of pyridine rings is 1. The van der Waals surface area contributed by atoms with Crippen molar-refractivity contribution in [2.45, 2.75) is 48.8 Å². The predicted octanol–water partition coefficient (Wildman–Crippen LogP) is 5.55. The van der Waals surface area contributed by atoms with Gasteiger partial charge in [-0.3, -0.25) is 0 Å². The summed E-state index contributed by atoms with van der Waals surface area (Å²) in [5, 5.41) is 10.8. The first-order valence-corrected chi connectivity index (χ1v) is 13.6. The SMILES string of the molecule is C[C@@H](Nc1nc(NC2(C(F)(F)F)CCC2)c2nc(-c3ccc(F)cc3)ccc2n1)c1ccc(S(N)(=O)=O)cc1. The van der Waals surface area contributed by atoms with Crippen LogP contribution < -0.4 is 15.8 Å². The van der Waals surface area contributed by atoms with Crippen molar-refractivity contribution in [3.8, 4) is 11.3 Å². The van der Waals surface area contributed by atoms with Crippen LogP contribution in [0.4, 0.5) is 29.3 Å². The van der Waals surface area contributed by atoms with Crippen LogP contribution in [0, 0.1) is 5.82 Å². The van der Waals surface area contributed by atoms with Gasteiger partial charge in [0.15, 0.2) is 5.82 Å². The maximum atomic E-state index is 14.0. The lowest BCUT2D eigenvalue weighted by Gasteiger charge is -2.44. The molecule has 0 aliphatic heterocycles. The largest absolute Gasteiger partial charge is 0.411 e. The normalized spacial score (nSPS) is 15.9. The molecule has 0 radical (unpaired) electrons. The van der Waals surface area contributed by atoms with E-state index in [1.165, 1.54) is 36.4 Å². The molecule has 1 aliphatic rings. The molecule has 0 unspecified atom stereocenters. The van der Waals surface area contributed by atoms with E-state index in [0.717, 1.165) is 0 Å². The van der Waals surface area contributed by atoms with Crippen LogP contribution in [0.1, 0.15) is 37.8 Å². The summed E-state index contributed by atoms with van der Waals surface area (Å²) in [6.45, 7) is 1.77. The van der Waals surface area contributed by atoms with E-state index in [1.54, 1.807) is 31.2 Å². The summed E-state index contributed by atoms with van der Waals surface area (Å²) in [7, 11) is -3.86. The number of anilines is 2. The van der Waals surface area contributed by atoms with Gasteiger partial charge < -0.3 is 10.6 Å². The molecule has 204 valence electrons. The van der Waals surface area contributed by atoms with Crippen LogP contribution >= 0.6 is 0 Å². The molecule has 1 atom stereocenters. The molecule has 39 heavy (non-hydrogen) atoms. The summed E-state index contributed by atoms with van der Waals surface area (Å²) in [5.74, 6) is -0.451. The van der Waals surface area contributed by atoms with Crippen LogP contribution in [0.2, 0.25) is 0 Å². The zero-order chi connectivity index (χ0) is 28.0. The first-order chi connectivity index (χ1) is 18.3. The molecule has 2 heterocycles. The number of nitrogens with zero attached hydrogens (tertiary/aromatic N) is 3. The Hall–Kier alpha value is -3.84. The quantitative estimate of drug-likeness (QED) is 0.253. The molecule has 1 saturated carbocycles. The smallest absolute Gasteiger partial charge is 0.354 e. The van der Waals surface area contributed by atoms with Gasteiger partial charge in [0.1, 0.15) is 16.9 Å². The molecule has 5 rings (SSSR count). The molecule has 2 aromatic carbocycles. The van der Waals surface area contributed by atoms with Gasteiger partial charge in [0, 0.05) is 5.56 Å². The Balaban J connectivity index is 1.54. The first-order valence-electron chi connectivity index (χ1n) is 12.0. The van der Waals surface area contributed by atoms with Gasteiger partial charge in [-0.2, -0.15) is 18.2 Å². The number of hydrogen-bond donors (Lipinski definition) is 3. The number of fused-ring (bicyclic) bond motifs is 1.